The maximum atomic E-state index is 9.26. The highest BCUT2D eigenvalue weighted by atomic mass is 16.5. The fraction of sp³-hybridized carbons (Fsp3) is 0.125. The van der Waals surface area contributed by atoms with Crippen LogP contribution in [0.2, 0.25) is 0 Å². The van der Waals surface area contributed by atoms with Crippen LogP contribution in [0.15, 0.2) is 54.7 Å². The Morgan fingerprint density at radius 1 is 1.19 bits per heavy atom. The molecule has 2 rings (SSSR count). The van der Waals surface area contributed by atoms with E-state index in [9.17, 15) is 5.11 Å². The summed E-state index contributed by atoms with van der Waals surface area (Å²) in [7, 11) is 1.63. The lowest BCUT2D eigenvalue weighted by molar-refractivity contribution is 0.363. The van der Waals surface area contributed by atoms with E-state index >= 15 is 0 Å². The second-order valence-corrected chi connectivity index (χ2v) is 4.62. The van der Waals surface area contributed by atoms with Gasteiger partial charge >= 0.3 is 0 Å². The minimum atomic E-state index is 0.199. The Balaban J connectivity index is 2.11. The van der Waals surface area contributed by atoms with Crippen molar-refractivity contribution in [2.45, 2.75) is 6.54 Å². The topological polar surface area (TPSA) is 84.7 Å². The second-order valence-electron chi connectivity index (χ2n) is 4.62. The molecular weight excluding hydrogens is 266 g/mol. The molecule has 2 aromatic carbocycles. The van der Waals surface area contributed by atoms with E-state index in [0.29, 0.717) is 12.2 Å². The summed E-state index contributed by atoms with van der Waals surface area (Å²) in [6.07, 6.45) is 1.65. The van der Waals surface area contributed by atoms with E-state index in [2.05, 4.69) is 0 Å². The molecule has 0 aliphatic carbocycles. The lowest BCUT2D eigenvalue weighted by Gasteiger charge is -2.17. The summed E-state index contributed by atoms with van der Waals surface area (Å²) >= 11 is 0. The molecule has 110 valence electrons. The van der Waals surface area contributed by atoms with E-state index in [0.717, 1.165) is 16.9 Å². The lowest BCUT2D eigenvalue weighted by Crippen LogP contribution is -2.25. The van der Waals surface area contributed by atoms with Gasteiger partial charge in [0.05, 0.1) is 19.4 Å². The van der Waals surface area contributed by atoms with Gasteiger partial charge in [-0.2, -0.15) is 0 Å². The van der Waals surface area contributed by atoms with Gasteiger partial charge < -0.3 is 20.6 Å². The van der Waals surface area contributed by atoms with Gasteiger partial charge in [0.1, 0.15) is 11.5 Å². The number of methoxy groups -OCH3 is 1. The molecule has 0 spiro atoms. The molecule has 0 aromatic heterocycles. The number of hydrazine groups is 1. The van der Waals surface area contributed by atoms with Gasteiger partial charge in [-0.15, -0.1) is 0 Å². The van der Waals surface area contributed by atoms with Crippen LogP contribution < -0.4 is 16.3 Å². The molecular formula is C16H19N3O2. The van der Waals surface area contributed by atoms with E-state index in [-0.39, 0.29) is 5.75 Å². The van der Waals surface area contributed by atoms with E-state index in [4.69, 9.17) is 16.3 Å². The number of hydrogen-bond donors (Lipinski definition) is 3. The smallest absolute Gasteiger partial charge is 0.123 e. The van der Waals surface area contributed by atoms with Gasteiger partial charge in [-0.25, -0.2) is 5.84 Å². The number of rotatable bonds is 5. The zero-order valence-electron chi connectivity index (χ0n) is 11.9. The van der Waals surface area contributed by atoms with Gasteiger partial charge in [-0.1, -0.05) is 18.2 Å². The zero-order valence-corrected chi connectivity index (χ0v) is 11.9. The van der Waals surface area contributed by atoms with Crippen molar-refractivity contribution >= 4 is 5.70 Å². The molecule has 0 unspecified atom stereocenters. The Labute approximate surface area is 124 Å². The fourth-order valence-electron chi connectivity index (χ4n) is 1.98. The predicted molar refractivity (Wildman–Crippen MR) is 83.0 cm³/mol. The lowest BCUT2D eigenvalue weighted by atomic mass is 10.1. The first-order valence-electron chi connectivity index (χ1n) is 6.50. The summed E-state index contributed by atoms with van der Waals surface area (Å²) in [6, 6.07) is 14.3. The van der Waals surface area contributed by atoms with Crippen molar-refractivity contribution in [1.82, 2.24) is 5.01 Å². The van der Waals surface area contributed by atoms with Crippen molar-refractivity contribution in [2.24, 2.45) is 11.6 Å². The van der Waals surface area contributed by atoms with Gasteiger partial charge in [-0.3, -0.25) is 0 Å². The highest BCUT2D eigenvalue weighted by molar-refractivity contribution is 5.62. The summed E-state index contributed by atoms with van der Waals surface area (Å²) < 4.78 is 5.29. The standard InChI is InChI=1S/C16H19N3O2/c1-21-16-5-3-2-4-13(16)10-19(18)11-15(17)12-6-8-14(20)9-7-12/h2-9,11,20H,10,17-18H2,1H3/b15-11-. The van der Waals surface area contributed by atoms with Crippen LogP contribution in [-0.2, 0) is 6.54 Å². The largest absolute Gasteiger partial charge is 0.508 e. The normalized spacial score (nSPS) is 11.2. The molecule has 21 heavy (non-hydrogen) atoms. The summed E-state index contributed by atoms with van der Waals surface area (Å²) in [5, 5.41) is 10.8. The van der Waals surface area contributed by atoms with Crippen molar-refractivity contribution in [2.75, 3.05) is 7.11 Å². The number of phenols is 1. The number of nitrogens with zero attached hydrogens (tertiary/aromatic N) is 1. The minimum absolute atomic E-state index is 0.199. The maximum Gasteiger partial charge on any atom is 0.123 e. The molecule has 0 saturated heterocycles. The van der Waals surface area contributed by atoms with Crippen LogP contribution in [0.25, 0.3) is 5.70 Å². The van der Waals surface area contributed by atoms with Crippen molar-refractivity contribution in [3.63, 3.8) is 0 Å². The zero-order chi connectivity index (χ0) is 15.2. The van der Waals surface area contributed by atoms with Crippen LogP contribution in [0.5, 0.6) is 11.5 Å². The highest BCUT2D eigenvalue weighted by Gasteiger charge is 2.05. The second kappa shape index (κ2) is 6.67. The van der Waals surface area contributed by atoms with Crippen LogP contribution >= 0.6 is 0 Å². The number of nitrogens with two attached hydrogens (primary N) is 2. The first-order chi connectivity index (χ1) is 10.1. The predicted octanol–water partition coefficient (Wildman–Crippen LogP) is 2.03. The molecule has 0 amide bonds. The minimum Gasteiger partial charge on any atom is -0.508 e. The molecule has 0 fully saturated rings. The van der Waals surface area contributed by atoms with E-state index < -0.39 is 0 Å². The summed E-state index contributed by atoms with van der Waals surface area (Å²) in [4.78, 5) is 0. The molecule has 5 heteroatoms. The number of para-hydroxylation sites is 1. The van der Waals surface area contributed by atoms with E-state index in [1.807, 2.05) is 24.3 Å². The average Bonchev–Trinajstić information content (AvgIpc) is 2.48. The summed E-state index contributed by atoms with van der Waals surface area (Å²) in [6.45, 7) is 0.475. The summed E-state index contributed by atoms with van der Waals surface area (Å²) in [5.41, 5.74) is 8.28. The van der Waals surface area contributed by atoms with Crippen LogP contribution in [0.1, 0.15) is 11.1 Å². The van der Waals surface area contributed by atoms with Gasteiger partial charge in [-0.05, 0) is 35.9 Å². The molecule has 2 aromatic rings. The van der Waals surface area contributed by atoms with Gasteiger partial charge in [0.15, 0.2) is 0 Å². The Hall–Kier alpha value is -2.66. The SMILES string of the molecule is COc1ccccc1CN(N)/C=C(\N)c1ccc(O)cc1. The van der Waals surface area contributed by atoms with E-state index in [1.165, 1.54) is 5.01 Å². The number of phenolic OH excluding ortho intramolecular Hbond substituents is 1. The van der Waals surface area contributed by atoms with Crippen molar-refractivity contribution in [1.29, 1.82) is 0 Å². The number of benzene rings is 2. The van der Waals surface area contributed by atoms with Crippen LogP contribution in [-0.4, -0.2) is 17.2 Å². The summed E-state index contributed by atoms with van der Waals surface area (Å²) in [5.74, 6) is 6.95. The van der Waals surface area contributed by atoms with Crippen molar-refractivity contribution < 1.29 is 9.84 Å². The van der Waals surface area contributed by atoms with Crippen LogP contribution in [0, 0.1) is 0 Å². The molecule has 0 aliphatic rings. The Morgan fingerprint density at radius 2 is 1.86 bits per heavy atom. The number of ether oxygens (including phenoxy) is 1. The molecule has 0 bridgehead atoms. The van der Waals surface area contributed by atoms with Crippen molar-refractivity contribution in [3.05, 3.63) is 65.9 Å². The molecule has 0 aliphatic heterocycles. The third-order valence-corrected chi connectivity index (χ3v) is 3.05. The number of aromatic hydroxyl groups is 1. The van der Waals surface area contributed by atoms with Gasteiger partial charge in [0.25, 0.3) is 0 Å². The Bertz CT molecular complexity index is 624. The Morgan fingerprint density at radius 3 is 2.52 bits per heavy atom. The average molecular weight is 285 g/mol. The first kappa shape index (κ1) is 14.7. The maximum absolute atomic E-state index is 9.26. The molecule has 5 nitrogen and oxygen atoms in total. The fourth-order valence-corrected chi connectivity index (χ4v) is 1.98. The van der Waals surface area contributed by atoms with E-state index in [1.54, 1.807) is 37.6 Å². The third kappa shape index (κ3) is 3.90. The van der Waals surface area contributed by atoms with Gasteiger partial charge in [0.2, 0.25) is 0 Å². The third-order valence-electron chi connectivity index (χ3n) is 3.05. The van der Waals surface area contributed by atoms with Gasteiger partial charge in [0, 0.05) is 11.8 Å². The number of hydrogen-bond acceptors (Lipinski definition) is 5. The molecule has 0 saturated carbocycles. The van der Waals surface area contributed by atoms with Crippen LogP contribution in [0.4, 0.5) is 0 Å². The monoisotopic (exact) mass is 285 g/mol. The molecule has 0 radical (unpaired) electrons. The molecule has 0 atom stereocenters. The van der Waals surface area contributed by atoms with Crippen LogP contribution in [0.3, 0.4) is 0 Å². The molecule has 0 heterocycles. The first-order valence-corrected chi connectivity index (χ1v) is 6.50. The van der Waals surface area contributed by atoms with Crippen molar-refractivity contribution in [3.8, 4) is 11.5 Å². The quantitative estimate of drug-likeness (QED) is 0.578. The Kier molecular flexibility index (Phi) is 4.68. The highest BCUT2D eigenvalue weighted by Crippen LogP contribution is 2.19. The molecule has 5 N–H and O–H groups in total.